The Labute approximate surface area is 109 Å². The molecule has 0 fully saturated rings. The maximum Gasteiger partial charge on any atom is 0.317 e. The molecule has 0 aliphatic carbocycles. The van der Waals surface area contributed by atoms with Gasteiger partial charge in [0, 0.05) is 6.54 Å². The molecule has 1 aromatic carbocycles. The number of nitrogens with zero attached hydrogens (tertiary/aromatic N) is 1. The van der Waals surface area contributed by atoms with Crippen molar-refractivity contribution in [3.8, 4) is 0 Å². The van der Waals surface area contributed by atoms with Gasteiger partial charge in [0.15, 0.2) is 0 Å². The molecular formula is C15H23NO2. The molecule has 3 heteroatoms. The third kappa shape index (κ3) is 5.32. The van der Waals surface area contributed by atoms with Crippen LogP contribution >= 0.6 is 0 Å². The SMILES string of the molecule is CCN(CC(=O)O)Cc1ccc(CC(C)C)cc1. The average molecular weight is 249 g/mol. The molecule has 0 bridgehead atoms. The van der Waals surface area contributed by atoms with Gasteiger partial charge in [-0.25, -0.2) is 0 Å². The molecule has 18 heavy (non-hydrogen) atoms. The molecule has 0 radical (unpaired) electrons. The molecule has 0 amide bonds. The highest BCUT2D eigenvalue weighted by Crippen LogP contribution is 2.11. The highest BCUT2D eigenvalue weighted by molar-refractivity contribution is 5.69. The first-order valence-electron chi connectivity index (χ1n) is 6.53. The molecule has 0 unspecified atom stereocenters. The summed E-state index contributed by atoms with van der Waals surface area (Å²) in [5.41, 5.74) is 2.51. The van der Waals surface area contributed by atoms with Gasteiger partial charge in [-0.3, -0.25) is 9.69 Å². The molecular weight excluding hydrogens is 226 g/mol. The lowest BCUT2D eigenvalue weighted by Gasteiger charge is -2.18. The largest absolute Gasteiger partial charge is 0.480 e. The van der Waals surface area contributed by atoms with Crippen LogP contribution in [-0.2, 0) is 17.8 Å². The molecule has 0 saturated heterocycles. The Morgan fingerprint density at radius 2 is 1.78 bits per heavy atom. The zero-order valence-electron chi connectivity index (χ0n) is 11.5. The molecule has 100 valence electrons. The van der Waals surface area contributed by atoms with Crippen LogP contribution in [0.25, 0.3) is 0 Å². The number of benzene rings is 1. The van der Waals surface area contributed by atoms with Crippen molar-refractivity contribution < 1.29 is 9.90 Å². The molecule has 1 rings (SSSR count). The van der Waals surface area contributed by atoms with Crippen molar-refractivity contribution in [2.24, 2.45) is 5.92 Å². The topological polar surface area (TPSA) is 40.5 Å². The van der Waals surface area contributed by atoms with Gasteiger partial charge in [0.2, 0.25) is 0 Å². The molecule has 0 spiro atoms. The first kappa shape index (κ1) is 14.7. The van der Waals surface area contributed by atoms with Gasteiger partial charge < -0.3 is 5.11 Å². The van der Waals surface area contributed by atoms with Crippen molar-refractivity contribution >= 4 is 5.97 Å². The van der Waals surface area contributed by atoms with E-state index in [1.165, 1.54) is 11.1 Å². The fourth-order valence-electron chi connectivity index (χ4n) is 1.98. The maximum absolute atomic E-state index is 10.7. The van der Waals surface area contributed by atoms with Crippen LogP contribution in [0, 0.1) is 5.92 Å². The molecule has 1 aromatic rings. The van der Waals surface area contributed by atoms with E-state index in [1.807, 2.05) is 11.8 Å². The van der Waals surface area contributed by atoms with E-state index in [4.69, 9.17) is 5.11 Å². The van der Waals surface area contributed by atoms with Crippen LogP contribution in [0.3, 0.4) is 0 Å². The van der Waals surface area contributed by atoms with Crippen molar-refractivity contribution in [3.05, 3.63) is 35.4 Å². The number of carbonyl (C=O) groups is 1. The highest BCUT2D eigenvalue weighted by atomic mass is 16.4. The maximum atomic E-state index is 10.7. The molecule has 0 atom stereocenters. The minimum atomic E-state index is -0.770. The second-order valence-electron chi connectivity index (χ2n) is 5.11. The van der Waals surface area contributed by atoms with Gasteiger partial charge in [0.1, 0.15) is 0 Å². The third-order valence-corrected chi connectivity index (χ3v) is 2.88. The lowest BCUT2D eigenvalue weighted by molar-refractivity contribution is -0.138. The van der Waals surface area contributed by atoms with Gasteiger partial charge in [-0.1, -0.05) is 45.0 Å². The number of likely N-dealkylation sites (N-methyl/N-ethyl adjacent to an activating group) is 1. The highest BCUT2D eigenvalue weighted by Gasteiger charge is 2.08. The van der Waals surface area contributed by atoms with Crippen LogP contribution in [0.5, 0.6) is 0 Å². The Hall–Kier alpha value is -1.35. The van der Waals surface area contributed by atoms with E-state index in [2.05, 4.69) is 38.1 Å². The van der Waals surface area contributed by atoms with Crippen molar-refractivity contribution in [3.63, 3.8) is 0 Å². The lowest BCUT2D eigenvalue weighted by Crippen LogP contribution is -2.29. The Kier molecular flexibility index (Phi) is 5.86. The van der Waals surface area contributed by atoms with E-state index in [1.54, 1.807) is 0 Å². The second-order valence-corrected chi connectivity index (χ2v) is 5.11. The van der Waals surface area contributed by atoms with E-state index in [0.717, 1.165) is 13.0 Å². The average Bonchev–Trinajstić information content (AvgIpc) is 2.29. The Balaban J connectivity index is 2.59. The number of hydrogen-bond donors (Lipinski definition) is 1. The minimum Gasteiger partial charge on any atom is -0.480 e. The lowest BCUT2D eigenvalue weighted by atomic mass is 10.0. The van der Waals surface area contributed by atoms with Gasteiger partial charge in [-0.05, 0) is 30.0 Å². The van der Waals surface area contributed by atoms with Gasteiger partial charge in [-0.15, -0.1) is 0 Å². The zero-order valence-corrected chi connectivity index (χ0v) is 11.5. The van der Waals surface area contributed by atoms with Crippen molar-refractivity contribution in [1.82, 2.24) is 4.90 Å². The zero-order chi connectivity index (χ0) is 13.5. The molecule has 0 saturated carbocycles. The van der Waals surface area contributed by atoms with E-state index < -0.39 is 5.97 Å². The van der Waals surface area contributed by atoms with Crippen LogP contribution in [0.1, 0.15) is 31.9 Å². The number of rotatable bonds is 7. The molecule has 0 heterocycles. The summed E-state index contributed by atoms with van der Waals surface area (Å²) in [6, 6.07) is 8.48. The van der Waals surface area contributed by atoms with Gasteiger partial charge >= 0.3 is 5.97 Å². The monoisotopic (exact) mass is 249 g/mol. The molecule has 3 nitrogen and oxygen atoms in total. The van der Waals surface area contributed by atoms with Crippen LogP contribution in [0.4, 0.5) is 0 Å². The summed E-state index contributed by atoms with van der Waals surface area (Å²) in [6.45, 7) is 7.95. The predicted octanol–water partition coefficient (Wildman–Crippen LogP) is 2.79. The quantitative estimate of drug-likeness (QED) is 0.807. The summed E-state index contributed by atoms with van der Waals surface area (Å²) in [4.78, 5) is 12.6. The van der Waals surface area contributed by atoms with E-state index in [0.29, 0.717) is 12.5 Å². The first-order valence-corrected chi connectivity index (χ1v) is 6.53. The van der Waals surface area contributed by atoms with Gasteiger partial charge in [-0.2, -0.15) is 0 Å². The summed E-state index contributed by atoms with van der Waals surface area (Å²) in [7, 11) is 0. The van der Waals surface area contributed by atoms with Crippen LogP contribution in [0.2, 0.25) is 0 Å². The number of carboxylic acid groups (broad SMARTS) is 1. The van der Waals surface area contributed by atoms with E-state index in [-0.39, 0.29) is 6.54 Å². The Morgan fingerprint density at radius 1 is 1.22 bits per heavy atom. The van der Waals surface area contributed by atoms with E-state index >= 15 is 0 Å². The van der Waals surface area contributed by atoms with E-state index in [9.17, 15) is 4.79 Å². The van der Waals surface area contributed by atoms with Crippen molar-refractivity contribution in [2.45, 2.75) is 33.7 Å². The fourth-order valence-corrected chi connectivity index (χ4v) is 1.98. The molecule has 0 aliphatic rings. The van der Waals surface area contributed by atoms with Crippen molar-refractivity contribution in [1.29, 1.82) is 0 Å². The van der Waals surface area contributed by atoms with Gasteiger partial charge in [0.05, 0.1) is 6.54 Å². The summed E-state index contributed by atoms with van der Waals surface area (Å²) in [5.74, 6) is -0.108. The fraction of sp³-hybridized carbons (Fsp3) is 0.533. The summed E-state index contributed by atoms with van der Waals surface area (Å²) in [5, 5.41) is 8.79. The van der Waals surface area contributed by atoms with Crippen LogP contribution < -0.4 is 0 Å². The first-order chi connectivity index (χ1) is 8.51. The predicted molar refractivity (Wildman–Crippen MR) is 73.6 cm³/mol. The number of hydrogen-bond acceptors (Lipinski definition) is 2. The summed E-state index contributed by atoms with van der Waals surface area (Å²) in [6.07, 6.45) is 1.09. The molecule has 0 aromatic heterocycles. The van der Waals surface area contributed by atoms with Crippen LogP contribution in [0.15, 0.2) is 24.3 Å². The molecule has 1 N–H and O–H groups in total. The second kappa shape index (κ2) is 7.17. The minimum absolute atomic E-state index is 0.101. The smallest absolute Gasteiger partial charge is 0.317 e. The molecule has 0 aliphatic heterocycles. The normalized spacial score (nSPS) is 11.2. The number of aliphatic carboxylic acids is 1. The Morgan fingerprint density at radius 3 is 2.22 bits per heavy atom. The summed E-state index contributed by atoms with van der Waals surface area (Å²) >= 11 is 0. The third-order valence-electron chi connectivity index (χ3n) is 2.88. The Bertz CT molecular complexity index is 371. The number of carboxylic acids is 1. The van der Waals surface area contributed by atoms with Crippen molar-refractivity contribution in [2.75, 3.05) is 13.1 Å². The van der Waals surface area contributed by atoms with Crippen LogP contribution in [-0.4, -0.2) is 29.1 Å². The summed E-state index contributed by atoms with van der Waals surface area (Å²) < 4.78 is 0. The standard InChI is InChI=1S/C15H23NO2/c1-4-16(11-15(17)18)10-14-7-5-13(6-8-14)9-12(2)3/h5-8,12H,4,9-11H2,1-3H3,(H,17,18). The van der Waals surface area contributed by atoms with Gasteiger partial charge in [0.25, 0.3) is 0 Å².